The molecular formula is C17H23N5O. The molecule has 1 N–H and O–H groups in total. The molecule has 4 rings (SSSR count). The zero-order valence-corrected chi connectivity index (χ0v) is 13.3. The van der Waals surface area contributed by atoms with E-state index in [0.717, 1.165) is 63.5 Å². The predicted molar refractivity (Wildman–Crippen MR) is 88.1 cm³/mol. The predicted octanol–water partition coefficient (Wildman–Crippen LogP) is 0.730. The molecule has 1 atom stereocenters. The first-order chi connectivity index (χ1) is 11.3. The van der Waals surface area contributed by atoms with Crippen LogP contribution in [-0.2, 0) is 11.3 Å². The number of pyridine rings is 1. The van der Waals surface area contributed by atoms with Gasteiger partial charge in [0.2, 0.25) is 5.91 Å². The maximum absolute atomic E-state index is 12.4. The molecule has 2 saturated heterocycles. The quantitative estimate of drug-likeness (QED) is 0.908. The Balaban J connectivity index is 1.33. The Kier molecular flexibility index (Phi) is 4.01. The molecule has 4 heterocycles. The molecule has 6 nitrogen and oxygen atoms in total. The Morgan fingerprint density at radius 1 is 1.26 bits per heavy atom. The number of piperazine rings is 1. The van der Waals surface area contributed by atoms with Crippen LogP contribution in [0.1, 0.15) is 18.5 Å². The van der Waals surface area contributed by atoms with E-state index in [0.29, 0.717) is 0 Å². The van der Waals surface area contributed by atoms with Gasteiger partial charge in [-0.2, -0.15) is 0 Å². The molecule has 0 unspecified atom stereocenters. The maximum atomic E-state index is 12.4. The van der Waals surface area contributed by atoms with E-state index in [1.807, 2.05) is 29.3 Å². The van der Waals surface area contributed by atoms with Crippen LogP contribution in [-0.4, -0.2) is 63.9 Å². The molecule has 0 saturated carbocycles. The molecule has 122 valence electrons. The molecule has 0 bridgehead atoms. The van der Waals surface area contributed by atoms with Crippen molar-refractivity contribution in [1.82, 2.24) is 24.5 Å². The Bertz CT molecular complexity index is 650. The van der Waals surface area contributed by atoms with Gasteiger partial charge in [-0.05, 0) is 31.5 Å². The van der Waals surface area contributed by atoms with Crippen LogP contribution < -0.4 is 5.32 Å². The van der Waals surface area contributed by atoms with E-state index >= 15 is 0 Å². The molecular weight excluding hydrogens is 290 g/mol. The fourth-order valence-corrected chi connectivity index (χ4v) is 3.53. The van der Waals surface area contributed by atoms with Crippen molar-refractivity contribution in [3.8, 4) is 0 Å². The van der Waals surface area contributed by atoms with Gasteiger partial charge in [0.15, 0.2) is 0 Å². The number of fused-ring (bicyclic) bond motifs is 1. The molecule has 2 aromatic rings. The molecule has 0 spiro atoms. The van der Waals surface area contributed by atoms with Crippen molar-refractivity contribution >= 4 is 11.6 Å². The van der Waals surface area contributed by atoms with Crippen molar-refractivity contribution < 1.29 is 4.79 Å². The van der Waals surface area contributed by atoms with E-state index in [2.05, 4.69) is 25.8 Å². The van der Waals surface area contributed by atoms with E-state index in [1.165, 1.54) is 0 Å². The van der Waals surface area contributed by atoms with E-state index in [9.17, 15) is 4.79 Å². The highest BCUT2D eigenvalue weighted by atomic mass is 16.2. The monoisotopic (exact) mass is 313 g/mol. The summed E-state index contributed by atoms with van der Waals surface area (Å²) in [6.45, 7) is 5.32. The number of nitrogens with one attached hydrogen (secondary N) is 1. The van der Waals surface area contributed by atoms with Gasteiger partial charge in [-0.15, -0.1) is 0 Å². The number of aromatic nitrogens is 2. The number of nitrogens with zero attached hydrogens (tertiary/aromatic N) is 4. The van der Waals surface area contributed by atoms with Crippen LogP contribution in [0.25, 0.3) is 5.65 Å². The minimum Gasteiger partial charge on any atom is -0.339 e. The van der Waals surface area contributed by atoms with Crippen LogP contribution in [0.4, 0.5) is 0 Å². The number of hydrogen-bond acceptors (Lipinski definition) is 4. The second-order valence-electron chi connectivity index (χ2n) is 6.45. The van der Waals surface area contributed by atoms with Gasteiger partial charge in [-0.1, -0.05) is 6.07 Å². The molecule has 2 aliphatic rings. The van der Waals surface area contributed by atoms with Crippen molar-refractivity contribution in [2.24, 2.45) is 0 Å². The Labute approximate surface area is 136 Å². The van der Waals surface area contributed by atoms with Crippen molar-refractivity contribution in [3.63, 3.8) is 0 Å². The van der Waals surface area contributed by atoms with E-state index in [-0.39, 0.29) is 11.9 Å². The van der Waals surface area contributed by atoms with Gasteiger partial charge in [0.25, 0.3) is 0 Å². The van der Waals surface area contributed by atoms with Gasteiger partial charge < -0.3 is 14.6 Å². The summed E-state index contributed by atoms with van der Waals surface area (Å²) in [5, 5.41) is 3.30. The summed E-state index contributed by atoms with van der Waals surface area (Å²) >= 11 is 0. The summed E-state index contributed by atoms with van der Waals surface area (Å²) in [5.41, 5.74) is 2.08. The second-order valence-corrected chi connectivity index (χ2v) is 6.45. The third-order valence-electron chi connectivity index (χ3n) is 4.84. The lowest BCUT2D eigenvalue weighted by atomic mass is 10.2. The summed E-state index contributed by atoms with van der Waals surface area (Å²) < 4.78 is 2.06. The van der Waals surface area contributed by atoms with Crippen LogP contribution >= 0.6 is 0 Å². The number of amides is 1. The van der Waals surface area contributed by atoms with Gasteiger partial charge in [0.1, 0.15) is 5.65 Å². The molecule has 2 fully saturated rings. The maximum Gasteiger partial charge on any atom is 0.239 e. The summed E-state index contributed by atoms with van der Waals surface area (Å²) in [6, 6.07) is 6.10. The molecule has 2 aliphatic heterocycles. The zero-order valence-electron chi connectivity index (χ0n) is 13.3. The first-order valence-electron chi connectivity index (χ1n) is 8.47. The first kappa shape index (κ1) is 14.7. The lowest BCUT2D eigenvalue weighted by Gasteiger charge is -2.35. The zero-order chi connectivity index (χ0) is 15.6. The SMILES string of the molecule is O=C([C@@H]1CCCN1)N1CCN(Cc2cn3ccccc3n2)CC1. The van der Waals surface area contributed by atoms with Gasteiger partial charge in [-0.25, -0.2) is 4.98 Å². The summed E-state index contributed by atoms with van der Waals surface area (Å²) in [5.74, 6) is 0.287. The lowest BCUT2D eigenvalue weighted by molar-refractivity contribution is -0.134. The highest BCUT2D eigenvalue weighted by Gasteiger charge is 2.29. The average molecular weight is 313 g/mol. The van der Waals surface area contributed by atoms with Gasteiger partial charge in [0, 0.05) is 45.1 Å². The highest BCUT2D eigenvalue weighted by molar-refractivity contribution is 5.82. The second kappa shape index (κ2) is 6.29. The number of carbonyl (C=O) groups is 1. The summed E-state index contributed by atoms with van der Waals surface area (Å²) in [4.78, 5) is 21.5. The molecule has 2 aromatic heterocycles. The lowest BCUT2D eigenvalue weighted by Crippen LogP contribution is -2.52. The van der Waals surface area contributed by atoms with Crippen LogP contribution in [0.3, 0.4) is 0 Å². The topological polar surface area (TPSA) is 52.9 Å². The standard InChI is InChI=1S/C17H23N5O/c23-17(15-4-3-6-18-15)21-10-8-20(9-11-21)12-14-13-22-7-2-1-5-16(22)19-14/h1-2,5,7,13,15,18H,3-4,6,8-12H2/t15-/m0/s1. The Morgan fingerprint density at radius 3 is 2.87 bits per heavy atom. The minimum absolute atomic E-state index is 0.0555. The Hall–Kier alpha value is -1.92. The van der Waals surface area contributed by atoms with Gasteiger partial charge in [-0.3, -0.25) is 9.69 Å². The number of hydrogen-bond donors (Lipinski definition) is 1. The van der Waals surface area contributed by atoms with Crippen molar-refractivity contribution in [3.05, 3.63) is 36.3 Å². The third kappa shape index (κ3) is 3.09. The van der Waals surface area contributed by atoms with E-state index in [4.69, 9.17) is 0 Å². The van der Waals surface area contributed by atoms with E-state index in [1.54, 1.807) is 0 Å². The molecule has 0 radical (unpaired) electrons. The summed E-state index contributed by atoms with van der Waals surface area (Å²) in [6.07, 6.45) is 6.22. The molecule has 0 aromatic carbocycles. The molecule has 0 aliphatic carbocycles. The van der Waals surface area contributed by atoms with Crippen LogP contribution in [0.15, 0.2) is 30.6 Å². The minimum atomic E-state index is 0.0555. The fraction of sp³-hybridized carbons (Fsp3) is 0.529. The third-order valence-corrected chi connectivity index (χ3v) is 4.84. The van der Waals surface area contributed by atoms with Crippen LogP contribution in [0.2, 0.25) is 0 Å². The highest BCUT2D eigenvalue weighted by Crippen LogP contribution is 2.13. The van der Waals surface area contributed by atoms with Gasteiger partial charge in [0.05, 0.1) is 11.7 Å². The Morgan fingerprint density at radius 2 is 2.13 bits per heavy atom. The first-order valence-corrected chi connectivity index (χ1v) is 8.47. The number of imidazole rings is 1. The smallest absolute Gasteiger partial charge is 0.239 e. The summed E-state index contributed by atoms with van der Waals surface area (Å²) in [7, 11) is 0. The average Bonchev–Trinajstić information content (AvgIpc) is 3.24. The molecule has 6 heteroatoms. The van der Waals surface area contributed by atoms with Crippen molar-refractivity contribution in [2.45, 2.75) is 25.4 Å². The molecule has 1 amide bonds. The fourth-order valence-electron chi connectivity index (χ4n) is 3.53. The number of carbonyl (C=O) groups excluding carboxylic acids is 1. The van der Waals surface area contributed by atoms with Crippen LogP contribution in [0.5, 0.6) is 0 Å². The normalized spacial score (nSPS) is 22.8. The largest absolute Gasteiger partial charge is 0.339 e. The number of rotatable bonds is 3. The molecule has 23 heavy (non-hydrogen) atoms. The van der Waals surface area contributed by atoms with Crippen molar-refractivity contribution in [1.29, 1.82) is 0 Å². The van der Waals surface area contributed by atoms with E-state index < -0.39 is 0 Å². The van der Waals surface area contributed by atoms with Crippen LogP contribution in [0, 0.1) is 0 Å². The van der Waals surface area contributed by atoms with Gasteiger partial charge >= 0.3 is 0 Å². The van der Waals surface area contributed by atoms with Crippen molar-refractivity contribution in [2.75, 3.05) is 32.7 Å².